The molecular weight excluding hydrogens is 252 g/mol. The Bertz CT molecular complexity index is 291. The molecule has 0 aromatic carbocycles. The monoisotopic (exact) mass is 274 g/mol. The topological polar surface area (TPSA) is 83.6 Å². The molecule has 0 saturated carbocycles. The van der Waals surface area contributed by atoms with Gasteiger partial charge >= 0.3 is 5.97 Å². The van der Waals surface area contributed by atoms with Gasteiger partial charge in [-0.15, -0.1) is 0 Å². The Balaban J connectivity index is 2.22. The highest BCUT2D eigenvalue weighted by Gasteiger charge is 2.26. The number of likely N-dealkylation sites (tertiary alicyclic amines) is 1. The minimum Gasteiger partial charge on any atom is -0.481 e. The average Bonchev–Trinajstić information content (AvgIpc) is 2.38. The molecule has 1 rings (SSSR count). The normalized spacial score (nSPS) is 18.7. The lowest BCUT2D eigenvalue weighted by atomic mass is 9.97. The number of nitrogens with zero attached hydrogens (tertiary/aromatic N) is 1. The summed E-state index contributed by atoms with van der Waals surface area (Å²) in [7, 11) is 0. The second-order valence-corrected chi connectivity index (χ2v) is 5.71. The molecule has 6 heteroatoms. The van der Waals surface area contributed by atoms with Gasteiger partial charge in [0.1, 0.15) is 0 Å². The highest BCUT2D eigenvalue weighted by Crippen LogP contribution is 2.18. The second kappa shape index (κ2) is 7.63. The van der Waals surface area contributed by atoms with Crippen LogP contribution in [0, 0.1) is 5.92 Å². The number of amides is 1. The van der Waals surface area contributed by atoms with Gasteiger partial charge in [-0.05, 0) is 19.3 Å². The molecule has 0 bridgehead atoms. The van der Waals surface area contributed by atoms with Crippen LogP contribution in [0.25, 0.3) is 0 Å². The van der Waals surface area contributed by atoms with E-state index in [0.717, 1.165) is 12.2 Å². The second-order valence-electron chi connectivity index (χ2n) is 4.68. The van der Waals surface area contributed by atoms with Crippen LogP contribution in [0.5, 0.6) is 0 Å². The summed E-state index contributed by atoms with van der Waals surface area (Å²) in [6.45, 7) is 3.16. The zero-order chi connectivity index (χ0) is 13.5. The van der Waals surface area contributed by atoms with Crippen molar-refractivity contribution in [1.82, 2.24) is 4.90 Å². The Morgan fingerprint density at radius 1 is 1.44 bits per heavy atom. The van der Waals surface area contributed by atoms with E-state index in [2.05, 4.69) is 0 Å². The first kappa shape index (κ1) is 15.3. The van der Waals surface area contributed by atoms with Gasteiger partial charge in [-0.25, -0.2) is 0 Å². The summed E-state index contributed by atoms with van der Waals surface area (Å²) in [5.74, 6) is 0.326. The van der Waals surface area contributed by atoms with Gasteiger partial charge in [-0.1, -0.05) is 6.92 Å². The average molecular weight is 274 g/mol. The van der Waals surface area contributed by atoms with Crippen LogP contribution < -0.4 is 5.73 Å². The fraction of sp³-hybridized carbons (Fsp3) is 0.833. The quantitative estimate of drug-likeness (QED) is 0.748. The van der Waals surface area contributed by atoms with Crippen molar-refractivity contribution in [1.29, 1.82) is 0 Å². The van der Waals surface area contributed by atoms with Crippen LogP contribution in [-0.4, -0.2) is 52.5 Å². The summed E-state index contributed by atoms with van der Waals surface area (Å²) >= 11 is 1.56. The van der Waals surface area contributed by atoms with Gasteiger partial charge in [0.2, 0.25) is 5.91 Å². The fourth-order valence-electron chi connectivity index (χ4n) is 1.88. The number of hydrogen-bond acceptors (Lipinski definition) is 4. The first-order chi connectivity index (χ1) is 8.54. The van der Waals surface area contributed by atoms with Gasteiger partial charge in [0.05, 0.1) is 11.7 Å². The van der Waals surface area contributed by atoms with Crippen LogP contribution in [0.4, 0.5) is 0 Å². The van der Waals surface area contributed by atoms with E-state index >= 15 is 0 Å². The first-order valence-corrected chi connectivity index (χ1v) is 7.54. The van der Waals surface area contributed by atoms with Crippen LogP contribution in [0.2, 0.25) is 0 Å². The number of carboxylic acids is 1. The van der Waals surface area contributed by atoms with E-state index in [9.17, 15) is 9.59 Å². The third kappa shape index (κ3) is 4.86. The standard InChI is InChI=1S/C12H22N2O3S/c1-2-10(13)7-18-8-11(15)14-5-3-9(4-6-14)12(16)17/h9-10H,2-8,13H2,1H3,(H,16,17). The molecule has 1 aliphatic heterocycles. The van der Waals surface area contributed by atoms with E-state index in [4.69, 9.17) is 10.8 Å². The smallest absolute Gasteiger partial charge is 0.306 e. The van der Waals surface area contributed by atoms with Crippen molar-refractivity contribution < 1.29 is 14.7 Å². The lowest BCUT2D eigenvalue weighted by Gasteiger charge is -2.30. The number of aliphatic carboxylic acids is 1. The van der Waals surface area contributed by atoms with E-state index in [0.29, 0.717) is 31.7 Å². The molecule has 0 spiro atoms. The Morgan fingerprint density at radius 3 is 2.56 bits per heavy atom. The summed E-state index contributed by atoms with van der Waals surface area (Å²) in [5, 5.41) is 8.87. The summed E-state index contributed by atoms with van der Waals surface area (Å²) in [4.78, 5) is 24.4. The minimum atomic E-state index is -0.745. The van der Waals surface area contributed by atoms with Crippen LogP contribution in [0.15, 0.2) is 0 Å². The fourth-order valence-corrected chi connectivity index (χ4v) is 2.90. The molecule has 1 fully saturated rings. The van der Waals surface area contributed by atoms with Crippen molar-refractivity contribution in [3.63, 3.8) is 0 Å². The number of rotatable bonds is 6. The number of piperidine rings is 1. The molecule has 18 heavy (non-hydrogen) atoms. The maximum absolute atomic E-state index is 11.9. The predicted molar refractivity (Wildman–Crippen MR) is 72.5 cm³/mol. The first-order valence-electron chi connectivity index (χ1n) is 6.38. The summed E-state index contributed by atoms with van der Waals surface area (Å²) in [6.07, 6.45) is 2.06. The number of nitrogens with two attached hydrogens (primary N) is 1. The maximum Gasteiger partial charge on any atom is 0.306 e. The highest BCUT2D eigenvalue weighted by atomic mass is 32.2. The highest BCUT2D eigenvalue weighted by molar-refractivity contribution is 7.99. The molecule has 3 N–H and O–H groups in total. The van der Waals surface area contributed by atoms with Crippen LogP contribution >= 0.6 is 11.8 Å². The molecule has 0 aromatic heterocycles. The van der Waals surface area contributed by atoms with Gasteiger partial charge in [0.25, 0.3) is 0 Å². The minimum absolute atomic E-state index is 0.104. The molecular formula is C12H22N2O3S. The molecule has 0 aliphatic carbocycles. The molecule has 1 amide bonds. The van der Waals surface area contributed by atoms with Crippen LogP contribution in [0.1, 0.15) is 26.2 Å². The number of hydrogen-bond donors (Lipinski definition) is 2. The van der Waals surface area contributed by atoms with E-state index in [-0.39, 0.29) is 17.9 Å². The van der Waals surface area contributed by atoms with Gasteiger partial charge in [0.15, 0.2) is 0 Å². The van der Waals surface area contributed by atoms with Crippen LogP contribution in [0.3, 0.4) is 0 Å². The molecule has 1 saturated heterocycles. The number of carbonyl (C=O) groups is 2. The van der Waals surface area contributed by atoms with Crippen molar-refractivity contribution in [3.05, 3.63) is 0 Å². The maximum atomic E-state index is 11.9. The van der Waals surface area contributed by atoms with E-state index in [1.165, 1.54) is 0 Å². The van der Waals surface area contributed by atoms with Gasteiger partial charge < -0.3 is 15.7 Å². The lowest BCUT2D eigenvalue weighted by molar-refractivity contribution is -0.145. The molecule has 0 aromatic rings. The molecule has 1 unspecified atom stereocenters. The van der Waals surface area contributed by atoms with Gasteiger partial charge in [-0.2, -0.15) is 11.8 Å². The van der Waals surface area contributed by atoms with Gasteiger partial charge in [-0.3, -0.25) is 9.59 Å². The third-order valence-electron chi connectivity index (χ3n) is 3.28. The zero-order valence-electron chi connectivity index (χ0n) is 10.8. The van der Waals surface area contributed by atoms with Crippen molar-refractivity contribution in [2.24, 2.45) is 11.7 Å². The van der Waals surface area contributed by atoms with Crippen molar-refractivity contribution >= 4 is 23.6 Å². The van der Waals surface area contributed by atoms with E-state index < -0.39 is 5.97 Å². The zero-order valence-corrected chi connectivity index (χ0v) is 11.6. The Labute approximate surface area is 112 Å². The van der Waals surface area contributed by atoms with Gasteiger partial charge in [0, 0.05) is 24.9 Å². The molecule has 1 aliphatic rings. The largest absolute Gasteiger partial charge is 0.481 e. The molecule has 104 valence electrons. The molecule has 1 heterocycles. The number of carbonyl (C=O) groups excluding carboxylic acids is 1. The summed E-state index contributed by atoms with van der Waals surface area (Å²) in [6, 6.07) is 0.153. The van der Waals surface area contributed by atoms with Crippen LogP contribution in [-0.2, 0) is 9.59 Å². The predicted octanol–water partition coefficient (Wildman–Crippen LogP) is 0.780. The third-order valence-corrected chi connectivity index (χ3v) is 4.39. The molecule has 1 atom stereocenters. The number of thioether (sulfide) groups is 1. The van der Waals surface area contributed by atoms with Crippen molar-refractivity contribution in [2.45, 2.75) is 32.2 Å². The Kier molecular flexibility index (Phi) is 6.49. The van der Waals surface area contributed by atoms with E-state index in [1.54, 1.807) is 16.7 Å². The van der Waals surface area contributed by atoms with Crippen molar-refractivity contribution in [2.75, 3.05) is 24.6 Å². The Hall–Kier alpha value is -0.750. The Morgan fingerprint density at radius 2 is 2.06 bits per heavy atom. The number of carboxylic acid groups (broad SMARTS) is 1. The lowest BCUT2D eigenvalue weighted by Crippen LogP contribution is -2.41. The van der Waals surface area contributed by atoms with Crippen molar-refractivity contribution in [3.8, 4) is 0 Å². The SMILES string of the molecule is CCC(N)CSCC(=O)N1CCC(C(=O)O)CC1. The molecule has 5 nitrogen and oxygen atoms in total. The summed E-state index contributed by atoms with van der Waals surface area (Å²) < 4.78 is 0. The molecule has 0 radical (unpaired) electrons. The summed E-state index contributed by atoms with van der Waals surface area (Å²) in [5.41, 5.74) is 5.78. The van der Waals surface area contributed by atoms with E-state index in [1.807, 2.05) is 6.92 Å².